The van der Waals surface area contributed by atoms with Gasteiger partial charge in [-0.2, -0.15) is 4.99 Å². The Morgan fingerprint density at radius 1 is 0.917 bits per heavy atom. The van der Waals surface area contributed by atoms with E-state index in [1.165, 1.54) is 12.1 Å². The average Bonchev–Trinajstić information content (AvgIpc) is 2.59. The van der Waals surface area contributed by atoms with Crippen molar-refractivity contribution in [3.05, 3.63) is 53.1 Å². The minimum atomic E-state index is -1.59. The fourth-order valence-electron chi connectivity index (χ4n) is 2.43. The van der Waals surface area contributed by atoms with Gasteiger partial charge in [-0.3, -0.25) is 0 Å². The zero-order valence-electron chi connectivity index (χ0n) is 13.0. The number of isothiocyanates is 1. The summed E-state index contributed by atoms with van der Waals surface area (Å²) in [6.45, 7) is 2.09. The number of benzene rings is 2. The molecule has 0 aliphatic heterocycles. The molecule has 0 bridgehead atoms. The first-order valence-corrected chi connectivity index (χ1v) is 7.95. The van der Waals surface area contributed by atoms with Crippen LogP contribution in [0.5, 0.6) is 0 Å². The molecule has 0 atom stereocenters. The van der Waals surface area contributed by atoms with Crippen LogP contribution in [0.4, 0.5) is 23.2 Å². The number of halogens is 4. The zero-order chi connectivity index (χ0) is 17.7. The molecule has 0 aromatic heterocycles. The van der Waals surface area contributed by atoms with Crippen molar-refractivity contribution >= 4 is 23.1 Å². The molecule has 6 heteroatoms. The van der Waals surface area contributed by atoms with E-state index in [0.29, 0.717) is 0 Å². The Balaban J connectivity index is 2.44. The lowest BCUT2D eigenvalue weighted by Crippen LogP contribution is -2.00. The Labute approximate surface area is 143 Å². The molecule has 0 unspecified atom stereocenters. The lowest BCUT2D eigenvalue weighted by molar-refractivity contribution is 0.462. The van der Waals surface area contributed by atoms with Gasteiger partial charge in [0.05, 0.1) is 10.7 Å². The number of aliphatic imine (C=N–C) groups is 1. The number of unbranched alkanes of at least 4 members (excludes halogenated alkanes) is 2. The van der Waals surface area contributed by atoms with Crippen LogP contribution in [0.1, 0.15) is 31.7 Å². The van der Waals surface area contributed by atoms with Crippen LogP contribution in [0.15, 0.2) is 29.3 Å². The summed E-state index contributed by atoms with van der Waals surface area (Å²) in [5.74, 6) is -6.19. The van der Waals surface area contributed by atoms with Crippen molar-refractivity contribution in [2.45, 2.75) is 32.6 Å². The SMILES string of the molecule is CCCCCc1ccc(-c2c(F)c(F)c(N=C=S)c(F)c2F)cc1. The molecule has 0 saturated heterocycles. The summed E-state index contributed by atoms with van der Waals surface area (Å²) >= 11 is 4.23. The maximum atomic E-state index is 14.2. The second-order valence-electron chi connectivity index (χ2n) is 5.34. The summed E-state index contributed by atoms with van der Waals surface area (Å²) in [4.78, 5) is 3.05. The fourth-order valence-corrected chi connectivity index (χ4v) is 2.53. The fraction of sp³-hybridized carbons (Fsp3) is 0.278. The second kappa shape index (κ2) is 8.18. The van der Waals surface area contributed by atoms with Crippen molar-refractivity contribution in [1.29, 1.82) is 0 Å². The van der Waals surface area contributed by atoms with E-state index in [9.17, 15) is 17.6 Å². The Morgan fingerprint density at radius 2 is 1.50 bits per heavy atom. The molecule has 0 heterocycles. The van der Waals surface area contributed by atoms with Crippen molar-refractivity contribution in [2.75, 3.05) is 0 Å². The molecule has 0 aliphatic carbocycles. The van der Waals surface area contributed by atoms with Crippen molar-refractivity contribution in [3.8, 4) is 11.1 Å². The molecule has 2 rings (SSSR count). The van der Waals surface area contributed by atoms with Crippen LogP contribution in [-0.2, 0) is 6.42 Å². The van der Waals surface area contributed by atoms with Crippen molar-refractivity contribution in [2.24, 2.45) is 4.99 Å². The van der Waals surface area contributed by atoms with Gasteiger partial charge in [-0.15, -0.1) is 0 Å². The van der Waals surface area contributed by atoms with Gasteiger partial charge in [0.2, 0.25) is 0 Å². The smallest absolute Gasteiger partial charge is 0.189 e. The van der Waals surface area contributed by atoms with E-state index in [0.717, 1.165) is 31.2 Å². The second-order valence-corrected chi connectivity index (χ2v) is 5.52. The predicted octanol–water partition coefficient (Wildman–Crippen LogP) is 6.38. The summed E-state index contributed by atoms with van der Waals surface area (Å²) in [6, 6.07) is 6.29. The topological polar surface area (TPSA) is 12.4 Å². The van der Waals surface area contributed by atoms with Gasteiger partial charge < -0.3 is 0 Å². The minimum Gasteiger partial charge on any atom is -0.203 e. The highest BCUT2D eigenvalue weighted by atomic mass is 32.1. The highest BCUT2D eigenvalue weighted by molar-refractivity contribution is 7.78. The summed E-state index contributed by atoms with van der Waals surface area (Å²) < 4.78 is 56.1. The molecule has 0 radical (unpaired) electrons. The van der Waals surface area contributed by atoms with Crippen LogP contribution >= 0.6 is 12.2 Å². The maximum Gasteiger partial charge on any atom is 0.189 e. The van der Waals surface area contributed by atoms with Crippen LogP contribution < -0.4 is 0 Å². The Bertz CT molecular complexity index is 752. The molecular formula is C18H15F4NS. The Hall–Kier alpha value is -2.04. The minimum absolute atomic E-state index is 0.0555. The first-order valence-electron chi connectivity index (χ1n) is 7.54. The van der Waals surface area contributed by atoms with Crippen LogP contribution in [0, 0.1) is 23.3 Å². The van der Waals surface area contributed by atoms with Crippen molar-refractivity contribution in [1.82, 2.24) is 0 Å². The first-order chi connectivity index (χ1) is 11.5. The molecule has 0 aliphatic rings. The number of thiocarbonyl (C=S) groups is 1. The van der Waals surface area contributed by atoms with E-state index < -0.39 is 34.5 Å². The van der Waals surface area contributed by atoms with Crippen molar-refractivity contribution < 1.29 is 17.6 Å². The van der Waals surface area contributed by atoms with Gasteiger partial charge in [0.25, 0.3) is 0 Å². The highest BCUT2D eigenvalue weighted by Crippen LogP contribution is 2.35. The molecular weight excluding hydrogens is 338 g/mol. The Kier molecular flexibility index (Phi) is 6.23. The van der Waals surface area contributed by atoms with E-state index in [1.807, 2.05) is 0 Å². The number of rotatable bonds is 6. The Morgan fingerprint density at radius 3 is 2.00 bits per heavy atom. The third-order valence-electron chi connectivity index (χ3n) is 3.71. The number of nitrogens with zero attached hydrogens (tertiary/aromatic N) is 1. The van der Waals surface area contributed by atoms with E-state index in [-0.39, 0.29) is 5.56 Å². The van der Waals surface area contributed by atoms with E-state index in [2.05, 4.69) is 24.1 Å². The number of hydrogen-bond acceptors (Lipinski definition) is 2. The normalized spacial score (nSPS) is 10.5. The predicted molar refractivity (Wildman–Crippen MR) is 89.6 cm³/mol. The van der Waals surface area contributed by atoms with Gasteiger partial charge in [0, 0.05) is 0 Å². The van der Waals surface area contributed by atoms with E-state index in [1.54, 1.807) is 17.3 Å². The number of aryl methyl sites for hydroxylation is 1. The first kappa shape index (κ1) is 18.3. The van der Waals surface area contributed by atoms with E-state index in [4.69, 9.17) is 0 Å². The summed E-state index contributed by atoms with van der Waals surface area (Å²) in [5, 5.41) is 1.71. The standard InChI is InChI=1S/C18H15F4NS/c1-2-3-4-5-11-6-8-12(9-7-11)13-14(19)16(21)18(23-10-24)17(22)15(13)20/h6-9H,2-5H2,1H3. The molecule has 1 nitrogen and oxygen atoms in total. The molecule has 0 spiro atoms. The van der Waals surface area contributed by atoms with Gasteiger partial charge in [0.1, 0.15) is 0 Å². The lowest BCUT2D eigenvalue weighted by Gasteiger charge is -2.10. The van der Waals surface area contributed by atoms with Gasteiger partial charge in [-0.1, -0.05) is 44.0 Å². The van der Waals surface area contributed by atoms with Crippen molar-refractivity contribution in [3.63, 3.8) is 0 Å². The largest absolute Gasteiger partial charge is 0.203 e. The van der Waals surface area contributed by atoms with Crippen LogP contribution in [0.2, 0.25) is 0 Å². The summed E-state index contributed by atoms with van der Waals surface area (Å²) in [5.41, 5.74) is -0.816. The van der Waals surface area contributed by atoms with Crippen LogP contribution in [0.3, 0.4) is 0 Å². The molecule has 24 heavy (non-hydrogen) atoms. The third kappa shape index (κ3) is 3.71. The zero-order valence-corrected chi connectivity index (χ0v) is 13.8. The average molecular weight is 353 g/mol. The molecule has 0 amide bonds. The monoisotopic (exact) mass is 353 g/mol. The molecule has 0 fully saturated rings. The molecule has 0 N–H and O–H groups in total. The molecule has 0 saturated carbocycles. The van der Waals surface area contributed by atoms with Gasteiger partial charge in [0.15, 0.2) is 29.0 Å². The lowest BCUT2D eigenvalue weighted by atomic mass is 9.99. The van der Waals surface area contributed by atoms with Crippen LogP contribution in [0.25, 0.3) is 11.1 Å². The van der Waals surface area contributed by atoms with Gasteiger partial charge in [-0.25, -0.2) is 17.6 Å². The van der Waals surface area contributed by atoms with Gasteiger partial charge in [-0.05, 0) is 36.2 Å². The molecule has 2 aromatic rings. The number of hydrogen-bond donors (Lipinski definition) is 0. The molecule has 126 valence electrons. The summed E-state index contributed by atoms with van der Waals surface area (Å²) in [6.07, 6.45) is 4.02. The van der Waals surface area contributed by atoms with E-state index >= 15 is 0 Å². The quantitative estimate of drug-likeness (QED) is 0.193. The highest BCUT2D eigenvalue weighted by Gasteiger charge is 2.26. The molecule has 2 aromatic carbocycles. The maximum absolute atomic E-state index is 14.2. The van der Waals surface area contributed by atoms with Crippen LogP contribution in [-0.4, -0.2) is 5.16 Å². The van der Waals surface area contributed by atoms with Gasteiger partial charge >= 0.3 is 0 Å². The third-order valence-corrected chi connectivity index (χ3v) is 3.80. The summed E-state index contributed by atoms with van der Waals surface area (Å²) in [7, 11) is 0.